The Morgan fingerprint density at radius 1 is 1.08 bits per heavy atom. The smallest absolute Gasteiger partial charge is 0.408 e. The SMILES string of the molecule is CC(C)(C)OC(=O)N[C@H]1CSC#CCCCCCCCCCOC(=O)[C@H](Cc2ccccc2)NC1=O. The number of nitrogens with one attached hydrogen (secondary N) is 2. The monoisotopic (exact) mass is 516 g/mol. The van der Waals surface area contributed by atoms with Crippen LogP contribution < -0.4 is 10.6 Å². The van der Waals surface area contributed by atoms with Crippen molar-refractivity contribution < 1.29 is 23.9 Å². The Kier molecular flexibility index (Phi) is 13.3. The third-order valence-corrected chi connectivity index (χ3v) is 6.26. The summed E-state index contributed by atoms with van der Waals surface area (Å²) >= 11 is 1.27. The van der Waals surface area contributed by atoms with Crippen LogP contribution in [0.4, 0.5) is 4.79 Å². The van der Waals surface area contributed by atoms with E-state index in [1.54, 1.807) is 20.8 Å². The third-order valence-electron chi connectivity index (χ3n) is 5.48. The van der Waals surface area contributed by atoms with Crippen molar-refractivity contribution in [1.82, 2.24) is 10.6 Å². The molecule has 1 aliphatic rings. The average molecular weight is 517 g/mol. The third kappa shape index (κ3) is 12.9. The first-order valence-electron chi connectivity index (χ1n) is 12.8. The molecule has 1 aliphatic heterocycles. The number of carbonyl (C=O) groups excluding carboxylic acids is 3. The normalized spacial score (nSPS) is 21.3. The second kappa shape index (κ2) is 16.2. The van der Waals surface area contributed by atoms with E-state index in [-0.39, 0.29) is 12.2 Å². The lowest BCUT2D eigenvalue weighted by Crippen LogP contribution is -2.54. The molecule has 2 rings (SSSR count). The summed E-state index contributed by atoms with van der Waals surface area (Å²) in [7, 11) is 0. The summed E-state index contributed by atoms with van der Waals surface area (Å²) in [6, 6.07) is 7.66. The number of thioether (sulfide) groups is 1. The Bertz CT molecular complexity index is 889. The maximum absolute atomic E-state index is 13.2. The minimum atomic E-state index is -0.924. The standard InChI is InChI=1S/C28H40N2O5S/c1-28(2,3)35-27(33)30-24-21-36-19-15-10-8-6-4-5-7-9-14-18-34-26(32)23(29-25(24)31)20-22-16-12-11-13-17-22/h11-13,16-17,23-24H,4-10,14,18,20-21H2,1-3H3,(H,29,31)(H,30,33)/t23-,24-/m0/s1. The van der Waals surface area contributed by atoms with Crippen molar-refractivity contribution in [2.45, 2.75) is 96.2 Å². The Morgan fingerprint density at radius 3 is 2.44 bits per heavy atom. The molecule has 1 aromatic rings. The first kappa shape index (κ1) is 29.6. The molecule has 0 unspecified atom stereocenters. The van der Waals surface area contributed by atoms with Crippen molar-refractivity contribution >= 4 is 29.7 Å². The summed E-state index contributed by atoms with van der Waals surface area (Å²) in [6.45, 7) is 5.59. The number of benzene rings is 1. The van der Waals surface area contributed by atoms with Gasteiger partial charge < -0.3 is 20.1 Å². The molecule has 1 heterocycles. The fourth-order valence-electron chi connectivity index (χ4n) is 3.65. The van der Waals surface area contributed by atoms with E-state index < -0.39 is 35.7 Å². The molecule has 36 heavy (non-hydrogen) atoms. The predicted molar refractivity (Wildman–Crippen MR) is 143 cm³/mol. The summed E-state index contributed by atoms with van der Waals surface area (Å²) in [5.41, 5.74) is 0.191. The number of carbonyl (C=O) groups is 3. The van der Waals surface area contributed by atoms with Crippen molar-refractivity contribution in [2.75, 3.05) is 12.4 Å². The van der Waals surface area contributed by atoms with Crippen LogP contribution in [0.3, 0.4) is 0 Å². The molecule has 0 fully saturated rings. The molecule has 2 atom stereocenters. The van der Waals surface area contributed by atoms with Gasteiger partial charge in [-0.2, -0.15) is 0 Å². The van der Waals surface area contributed by atoms with Crippen LogP contribution in [0.5, 0.6) is 0 Å². The van der Waals surface area contributed by atoms with Crippen LogP contribution in [0, 0.1) is 11.2 Å². The number of rotatable bonds is 3. The molecule has 2 amide bonds. The van der Waals surface area contributed by atoms with Gasteiger partial charge in [0.15, 0.2) is 0 Å². The number of hydrogen-bond acceptors (Lipinski definition) is 6. The molecule has 198 valence electrons. The van der Waals surface area contributed by atoms with Crippen molar-refractivity contribution in [1.29, 1.82) is 0 Å². The minimum absolute atomic E-state index is 0.227. The molecular formula is C28H40N2O5S. The van der Waals surface area contributed by atoms with Gasteiger partial charge in [0.1, 0.15) is 17.7 Å². The lowest BCUT2D eigenvalue weighted by Gasteiger charge is -2.24. The highest BCUT2D eigenvalue weighted by atomic mass is 32.2. The zero-order chi connectivity index (χ0) is 26.2. The fraction of sp³-hybridized carbons (Fsp3) is 0.607. The molecule has 7 nitrogen and oxygen atoms in total. The van der Waals surface area contributed by atoms with Crippen LogP contribution in [-0.2, 0) is 25.5 Å². The zero-order valence-electron chi connectivity index (χ0n) is 21.8. The molecule has 0 bridgehead atoms. The topological polar surface area (TPSA) is 93.7 Å². The maximum atomic E-state index is 13.2. The van der Waals surface area contributed by atoms with Crippen molar-refractivity contribution in [2.24, 2.45) is 0 Å². The van der Waals surface area contributed by atoms with E-state index in [4.69, 9.17) is 9.47 Å². The minimum Gasteiger partial charge on any atom is -0.464 e. The van der Waals surface area contributed by atoms with E-state index in [2.05, 4.69) is 21.8 Å². The lowest BCUT2D eigenvalue weighted by atomic mass is 10.1. The van der Waals surface area contributed by atoms with Crippen LogP contribution in [0.15, 0.2) is 30.3 Å². The van der Waals surface area contributed by atoms with Gasteiger partial charge in [0.2, 0.25) is 5.91 Å². The molecule has 0 spiro atoms. The molecule has 0 saturated carbocycles. The number of amides is 2. The van der Waals surface area contributed by atoms with Gasteiger partial charge >= 0.3 is 12.1 Å². The van der Waals surface area contributed by atoms with Crippen LogP contribution in [0.25, 0.3) is 0 Å². The summed E-state index contributed by atoms with van der Waals surface area (Å²) in [5, 5.41) is 8.48. The summed E-state index contributed by atoms with van der Waals surface area (Å²) < 4.78 is 10.9. The van der Waals surface area contributed by atoms with Crippen molar-refractivity contribution in [3.05, 3.63) is 35.9 Å². The predicted octanol–water partition coefficient (Wildman–Crippen LogP) is 4.98. The number of cyclic esters (lactones) is 1. The van der Waals surface area contributed by atoms with Gasteiger partial charge in [-0.15, -0.1) is 0 Å². The Labute approximate surface area is 219 Å². The van der Waals surface area contributed by atoms with Gasteiger partial charge in [0.05, 0.1) is 6.61 Å². The second-order valence-corrected chi connectivity index (χ2v) is 10.8. The summed E-state index contributed by atoms with van der Waals surface area (Å²) in [4.78, 5) is 38.6. The van der Waals surface area contributed by atoms with Crippen LogP contribution in [0.2, 0.25) is 0 Å². The van der Waals surface area contributed by atoms with Crippen LogP contribution in [0.1, 0.15) is 77.7 Å². The van der Waals surface area contributed by atoms with Gasteiger partial charge in [0, 0.05) is 18.6 Å². The van der Waals surface area contributed by atoms with E-state index in [1.807, 2.05) is 30.3 Å². The fourth-order valence-corrected chi connectivity index (χ4v) is 4.34. The lowest BCUT2D eigenvalue weighted by molar-refractivity contribution is -0.148. The molecule has 1 aromatic carbocycles. The van der Waals surface area contributed by atoms with Crippen molar-refractivity contribution in [3.8, 4) is 11.2 Å². The molecule has 8 heteroatoms. The first-order chi connectivity index (χ1) is 17.2. The molecule has 0 aliphatic carbocycles. The number of hydrogen-bond donors (Lipinski definition) is 2. The quantitative estimate of drug-likeness (QED) is 0.435. The van der Waals surface area contributed by atoms with Crippen LogP contribution in [-0.4, -0.2) is 48.0 Å². The Morgan fingerprint density at radius 2 is 1.75 bits per heavy atom. The highest BCUT2D eigenvalue weighted by molar-refractivity contribution is 8.03. The average Bonchev–Trinajstić information content (AvgIpc) is 2.81. The molecular weight excluding hydrogens is 476 g/mol. The molecule has 2 N–H and O–H groups in total. The van der Waals surface area contributed by atoms with Crippen LogP contribution >= 0.6 is 11.8 Å². The van der Waals surface area contributed by atoms with Gasteiger partial charge in [-0.05, 0) is 44.4 Å². The Balaban J connectivity index is 2.17. The van der Waals surface area contributed by atoms with Gasteiger partial charge in [-0.3, -0.25) is 4.79 Å². The van der Waals surface area contributed by atoms with E-state index >= 15 is 0 Å². The van der Waals surface area contributed by atoms with E-state index in [9.17, 15) is 14.4 Å². The van der Waals surface area contributed by atoms with Gasteiger partial charge in [-0.1, -0.05) is 80.1 Å². The van der Waals surface area contributed by atoms with E-state index in [0.29, 0.717) is 6.61 Å². The maximum Gasteiger partial charge on any atom is 0.408 e. The Hall–Kier alpha value is -2.66. The number of esters is 1. The largest absolute Gasteiger partial charge is 0.464 e. The van der Waals surface area contributed by atoms with Gasteiger partial charge in [-0.25, -0.2) is 9.59 Å². The van der Waals surface area contributed by atoms with E-state index in [0.717, 1.165) is 44.1 Å². The van der Waals surface area contributed by atoms with Gasteiger partial charge in [0.25, 0.3) is 0 Å². The highest BCUT2D eigenvalue weighted by Gasteiger charge is 2.29. The summed E-state index contributed by atoms with van der Waals surface area (Å²) in [6.07, 6.45) is 7.84. The van der Waals surface area contributed by atoms with Crippen molar-refractivity contribution in [3.63, 3.8) is 0 Å². The number of ether oxygens (including phenoxy) is 2. The molecule has 0 saturated heterocycles. The number of alkyl carbamates (subject to hydrolysis) is 1. The zero-order valence-corrected chi connectivity index (χ0v) is 22.6. The molecule has 0 aromatic heterocycles. The van der Waals surface area contributed by atoms with E-state index in [1.165, 1.54) is 24.6 Å². The molecule has 0 radical (unpaired) electrons. The highest BCUT2D eigenvalue weighted by Crippen LogP contribution is 2.12. The first-order valence-corrected chi connectivity index (χ1v) is 13.8. The summed E-state index contributed by atoms with van der Waals surface area (Å²) in [5.74, 6) is 2.41. The second-order valence-electron chi connectivity index (χ2n) is 9.93.